The molecule has 2 aromatic rings. The Morgan fingerprint density at radius 1 is 1.37 bits per heavy atom. The molecule has 2 heterocycles. The number of rotatable bonds is 1. The average molecular weight is 256 g/mol. The van der Waals surface area contributed by atoms with Gasteiger partial charge in [0.05, 0.1) is 11.1 Å². The molecule has 19 heavy (non-hydrogen) atoms. The van der Waals surface area contributed by atoms with E-state index in [2.05, 4.69) is 22.2 Å². The number of hydrogen-bond donors (Lipinski definition) is 1. The standard InChI is InChI=1S/C14H16N4O/c1-10-9-15-7-8-18(10)14(19)11-3-2-4-12-13(11)17-6-5-16-12/h2-6,10,15H,7-9H2,1H3/t10-/m0/s1. The van der Waals surface area contributed by atoms with Gasteiger partial charge >= 0.3 is 0 Å². The van der Waals surface area contributed by atoms with E-state index >= 15 is 0 Å². The van der Waals surface area contributed by atoms with Gasteiger partial charge in [0.1, 0.15) is 5.52 Å². The molecule has 1 saturated heterocycles. The van der Waals surface area contributed by atoms with Gasteiger partial charge in [0.15, 0.2) is 0 Å². The summed E-state index contributed by atoms with van der Waals surface area (Å²) in [5.74, 6) is 0.0418. The zero-order chi connectivity index (χ0) is 13.2. The Morgan fingerprint density at radius 2 is 2.21 bits per heavy atom. The molecule has 1 N–H and O–H groups in total. The monoisotopic (exact) mass is 256 g/mol. The first-order valence-corrected chi connectivity index (χ1v) is 6.49. The number of piperazine rings is 1. The van der Waals surface area contributed by atoms with E-state index in [1.807, 2.05) is 23.1 Å². The van der Waals surface area contributed by atoms with Crippen molar-refractivity contribution in [2.75, 3.05) is 19.6 Å². The number of aromatic nitrogens is 2. The summed E-state index contributed by atoms with van der Waals surface area (Å²) in [7, 11) is 0. The molecule has 98 valence electrons. The van der Waals surface area contributed by atoms with E-state index in [-0.39, 0.29) is 11.9 Å². The number of nitrogens with one attached hydrogen (secondary N) is 1. The Morgan fingerprint density at radius 3 is 3.05 bits per heavy atom. The van der Waals surface area contributed by atoms with Crippen LogP contribution < -0.4 is 5.32 Å². The summed E-state index contributed by atoms with van der Waals surface area (Å²) in [5.41, 5.74) is 2.08. The summed E-state index contributed by atoms with van der Waals surface area (Å²) in [6.07, 6.45) is 3.27. The second kappa shape index (κ2) is 4.93. The number of hydrogen-bond acceptors (Lipinski definition) is 4. The minimum absolute atomic E-state index is 0.0418. The predicted molar refractivity (Wildman–Crippen MR) is 72.9 cm³/mol. The lowest BCUT2D eigenvalue weighted by Gasteiger charge is -2.34. The lowest BCUT2D eigenvalue weighted by atomic mass is 10.1. The topological polar surface area (TPSA) is 58.1 Å². The van der Waals surface area contributed by atoms with E-state index < -0.39 is 0 Å². The van der Waals surface area contributed by atoms with Crippen LogP contribution in [0.15, 0.2) is 30.6 Å². The van der Waals surface area contributed by atoms with Crippen molar-refractivity contribution in [1.29, 1.82) is 0 Å². The van der Waals surface area contributed by atoms with Gasteiger partial charge in [-0.1, -0.05) is 6.07 Å². The van der Waals surface area contributed by atoms with Gasteiger partial charge in [0.2, 0.25) is 0 Å². The van der Waals surface area contributed by atoms with E-state index in [0.717, 1.165) is 25.2 Å². The van der Waals surface area contributed by atoms with E-state index in [9.17, 15) is 4.79 Å². The van der Waals surface area contributed by atoms with Crippen LogP contribution in [0.1, 0.15) is 17.3 Å². The molecule has 1 aliphatic rings. The summed E-state index contributed by atoms with van der Waals surface area (Å²) in [6, 6.07) is 5.76. The van der Waals surface area contributed by atoms with Crippen LogP contribution in [0.2, 0.25) is 0 Å². The van der Waals surface area contributed by atoms with E-state index in [0.29, 0.717) is 11.1 Å². The van der Waals surface area contributed by atoms with Crippen LogP contribution in [-0.2, 0) is 0 Å². The van der Waals surface area contributed by atoms with Crippen LogP contribution in [-0.4, -0.2) is 46.5 Å². The largest absolute Gasteiger partial charge is 0.333 e. The Kier molecular flexibility index (Phi) is 3.13. The van der Waals surface area contributed by atoms with Crippen molar-refractivity contribution in [2.45, 2.75) is 13.0 Å². The molecule has 1 aliphatic heterocycles. The van der Waals surface area contributed by atoms with Crippen LogP contribution in [0.4, 0.5) is 0 Å². The maximum atomic E-state index is 12.7. The van der Waals surface area contributed by atoms with Gasteiger partial charge in [-0.25, -0.2) is 0 Å². The molecule has 0 unspecified atom stereocenters. The first-order valence-electron chi connectivity index (χ1n) is 6.49. The summed E-state index contributed by atoms with van der Waals surface area (Å²) in [5, 5.41) is 3.29. The molecule has 0 radical (unpaired) electrons. The number of para-hydroxylation sites is 1. The molecule has 5 heteroatoms. The summed E-state index contributed by atoms with van der Waals surface area (Å²) in [6.45, 7) is 4.46. The summed E-state index contributed by atoms with van der Waals surface area (Å²) in [4.78, 5) is 23.1. The maximum absolute atomic E-state index is 12.7. The molecule has 0 saturated carbocycles. The average Bonchev–Trinajstić information content (AvgIpc) is 2.46. The van der Waals surface area contributed by atoms with Gasteiger partial charge in [-0.15, -0.1) is 0 Å². The molecule has 1 aromatic heterocycles. The highest BCUT2D eigenvalue weighted by molar-refractivity contribution is 6.04. The molecule has 3 rings (SSSR count). The van der Waals surface area contributed by atoms with Gasteiger partial charge in [0.25, 0.3) is 5.91 Å². The Hall–Kier alpha value is -2.01. The zero-order valence-corrected chi connectivity index (χ0v) is 10.8. The highest BCUT2D eigenvalue weighted by atomic mass is 16.2. The predicted octanol–water partition coefficient (Wildman–Crippen LogP) is 1.06. The number of amides is 1. The number of benzene rings is 1. The third-order valence-electron chi connectivity index (χ3n) is 3.49. The third-order valence-corrected chi connectivity index (χ3v) is 3.49. The number of fused-ring (bicyclic) bond motifs is 1. The van der Waals surface area contributed by atoms with Gasteiger partial charge < -0.3 is 10.2 Å². The van der Waals surface area contributed by atoms with Crippen molar-refractivity contribution >= 4 is 16.9 Å². The van der Waals surface area contributed by atoms with E-state index in [1.165, 1.54) is 0 Å². The molecule has 1 aromatic carbocycles. The van der Waals surface area contributed by atoms with Crippen molar-refractivity contribution in [3.8, 4) is 0 Å². The molecule has 5 nitrogen and oxygen atoms in total. The fourth-order valence-corrected chi connectivity index (χ4v) is 2.46. The third kappa shape index (κ3) is 2.17. The Balaban J connectivity index is 2.01. The fourth-order valence-electron chi connectivity index (χ4n) is 2.46. The quantitative estimate of drug-likeness (QED) is 0.829. The molecule has 0 aliphatic carbocycles. The molecular formula is C14H16N4O. The van der Waals surface area contributed by atoms with Crippen LogP contribution >= 0.6 is 0 Å². The molecule has 0 bridgehead atoms. The molecule has 1 atom stereocenters. The van der Waals surface area contributed by atoms with Crippen LogP contribution in [0.5, 0.6) is 0 Å². The molecule has 1 fully saturated rings. The summed E-state index contributed by atoms with van der Waals surface area (Å²) < 4.78 is 0. The van der Waals surface area contributed by atoms with Gasteiger partial charge in [-0.2, -0.15) is 0 Å². The maximum Gasteiger partial charge on any atom is 0.256 e. The van der Waals surface area contributed by atoms with Crippen LogP contribution in [0.25, 0.3) is 11.0 Å². The molecule has 0 spiro atoms. The second-order valence-electron chi connectivity index (χ2n) is 4.78. The SMILES string of the molecule is C[C@H]1CNCCN1C(=O)c1cccc2nccnc12. The lowest BCUT2D eigenvalue weighted by molar-refractivity contribution is 0.0657. The minimum atomic E-state index is 0.0418. The first-order chi connectivity index (χ1) is 9.27. The van der Waals surface area contributed by atoms with Crippen molar-refractivity contribution in [3.63, 3.8) is 0 Å². The Bertz CT molecular complexity index is 608. The zero-order valence-electron chi connectivity index (χ0n) is 10.8. The van der Waals surface area contributed by atoms with Gasteiger partial charge in [-0.05, 0) is 19.1 Å². The Labute approximate surface area is 111 Å². The van der Waals surface area contributed by atoms with Crippen molar-refractivity contribution < 1.29 is 4.79 Å². The number of carbonyl (C=O) groups is 1. The smallest absolute Gasteiger partial charge is 0.256 e. The second-order valence-corrected chi connectivity index (χ2v) is 4.78. The van der Waals surface area contributed by atoms with Crippen molar-refractivity contribution in [3.05, 3.63) is 36.2 Å². The van der Waals surface area contributed by atoms with Gasteiger partial charge in [0, 0.05) is 38.1 Å². The number of nitrogens with zero attached hydrogens (tertiary/aromatic N) is 3. The lowest BCUT2D eigenvalue weighted by Crippen LogP contribution is -2.52. The highest BCUT2D eigenvalue weighted by Crippen LogP contribution is 2.17. The first kappa shape index (κ1) is 12.0. The van der Waals surface area contributed by atoms with Crippen molar-refractivity contribution in [1.82, 2.24) is 20.2 Å². The molecule has 1 amide bonds. The van der Waals surface area contributed by atoms with Crippen LogP contribution in [0, 0.1) is 0 Å². The fraction of sp³-hybridized carbons (Fsp3) is 0.357. The summed E-state index contributed by atoms with van der Waals surface area (Å²) >= 11 is 0. The highest BCUT2D eigenvalue weighted by Gasteiger charge is 2.25. The normalized spacial score (nSPS) is 19.6. The van der Waals surface area contributed by atoms with Gasteiger partial charge in [-0.3, -0.25) is 14.8 Å². The van der Waals surface area contributed by atoms with Crippen LogP contribution in [0.3, 0.4) is 0 Å². The molecular weight excluding hydrogens is 240 g/mol. The van der Waals surface area contributed by atoms with E-state index in [4.69, 9.17) is 0 Å². The minimum Gasteiger partial charge on any atom is -0.333 e. The number of carbonyl (C=O) groups excluding carboxylic acids is 1. The van der Waals surface area contributed by atoms with Crippen molar-refractivity contribution in [2.24, 2.45) is 0 Å². The van der Waals surface area contributed by atoms with E-state index in [1.54, 1.807) is 12.4 Å².